The van der Waals surface area contributed by atoms with E-state index in [0.717, 1.165) is 50.0 Å². The number of fused-ring (bicyclic) bond motifs is 2. The first-order valence-electron chi connectivity index (χ1n) is 10.8. The van der Waals surface area contributed by atoms with Crippen LogP contribution in [0.1, 0.15) is 56.0 Å². The average molecular weight is 420 g/mol. The number of nitriles is 1. The third-order valence-electron chi connectivity index (χ3n) is 6.44. The molecule has 0 radical (unpaired) electrons. The second-order valence-electron chi connectivity index (χ2n) is 9.43. The highest BCUT2D eigenvalue weighted by Crippen LogP contribution is 2.38. The van der Waals surface area contributed by atoms with Crippen LogP contribution in [0.5, 0.6) is 0 Å². The fourth-order valence-corrected chi connectivity index (χ4v) is 5.43. The van der Waals surface area contributed by atoms with Gasteiger partial charge in [-0.05, 0) is 66.7 Å². The van der Waals surface area contributed by atoms with E-state index < -0.39 is 0 Å². The van der Waals surface area contributed by atoms with Crippen molar-refractivity contribution in [2.24, 2.45) is 11.3 Å². The Kier molecular flexibility index (Phi) is 5.88. The van der Waals surface area contributed by atoms with Gasteiger partial charge in [0.1, 0.15) is 11.1 Å². The van der Waals surface area contributed by atoms with Crippen LogP contribution in [0.2, 0.25) is 0 Å². The monoisotopic (exact) mass is 419 g/mol. The van der Waals surface area contributed by atoms with Gasteiger partial charge < -0.3 is 4.90 Å². The lowest BCUT2D eigenvalue weighted by Gasteiger charge is -2.34. The minimum atomic E-state index is 0.0864. The number of hydrogen-bond acceptors (Lipinski definition) is 4. The van der Waals surface area contributed by atoms with Crippen molar-refractivity contribution in [3.63, 3.8) is 0 Å². The van der Waals surface area contributed by atoms with Crippen molar-refractivity contribution in [3.8, 4) is 6.07 Å². The number of nitrogens with zero attached hydrogens (tertiary/aromatic N) is 3. The Balaban J connectivity index is 1.50. The Hall–Kier alpha value is -2.32. The summed E-state index contributed by atoms with van der Waals surface area (Å²) in [5.74, 6) is 1.00. The first-order chi connectivity index (χ1) is 14.4. The van der Waals surface area contributed by atoms with Crippen LogP contribution in [0, 0.1) is 22.7 Å². The highest BCUT2D eigenvalue weighted by Gasteiger charge is 2.30. The third kappa shape index (κ3) is 4.25. The van der Waals surface area contributed by atoms with E-state index in [0.29, 0.717) is 22.3 Å². The Labute approximate surface area is 183 Å². The van der Waals surface area contributed by atoms with Gasteiger partial charge in [-0.15, -0.1) is 0 Å². The summed E-state index contributed by atoms with van der Waals surface area (Å²) in [6.07, 6.45) is 5.07. The molecule has 0 N–H and O–H groups in total. The van der Waals surface area contributed by atoms with Gasteiger partial charge in [0.25, 0.3) is 0 Å². The fraction of sp³-hybridized carbons (Fsp3) is 0.480. The summed E-state index contributed by atoms with van der Waals surface area (Å²) in [5, 5.41) is 10.4. The Bertz CT molecular complexity index is 1000. The van der Waals surface area contributed by atoms with Crippen molar-refractivity contribution in [1.29, 1.82) is 5.26 Å². The molecule has 1 aliphatic carbocycles. The zero-order valence-electron chi connectivity index (χ0n) is 18.1. The van der Waals surface area contributed by atoms with Crippen LogP contribution in [0.3, 0.4) is 0 Å². The third-order valence-corrected chi connectivity index (χ3v) is 7.42. The number of amides is 1. The smallest absolute Gasteiger partial charge is 0.237 e. The lowest BCUT2D eigenvalue weighted by atomic mass is 9.71. The standard InChI is InChI=1S/C25H29N3OS/c1-25(2,3)20-10-11-21-18(14-20)13-19(15-26)24(27-21)30-16-23(29)28-12-6-8-17-7-4-5-9-22(17)28/h4-5,7,9,13,20H,6,8,10-12,14,16H2,1-3H3. The van der Waals surface area contributed by atoms with Crippen LogP contribution in [0.4, 0.5) is 5.69 Å². The van der Waals surface area contributed by atoms with E-state index in [9.17, 15) is 10.1 Å². The molecule has 1 aromatic heterocycles. The molecule has 0 saturated carbocycles. The van der Waals surface area contributed by atoms with Crippen LogP contribution in [-0.2, 0) is 24.1 Å². The number of carbonyl (C=O) groups is 1. The van der Waals surface area contributed by atoms with Crippen LogP contribution in [0.15, 0.2) is 35.4 Å². The molecule has 2 aliphatic rings. The van der Waals surface area contributed by atoms with E-state index in [1.54, 1.807) is 0 Å². The molecule has 4 rings (SSSR count). The van der Waals surface area contributed by atoms with E-state index >= 15 is 0 Å². The number of rotatable bonds is 3. The quantitative estimate of drug-likeness (QED) is 0.644. The number of benzene rings is 1. The molecule has 0 bridgehead atoms. The number of carbonyl (C=O) groups excluding carboxylic acids is 1. The number of aryl methyl sites for hydroxylation is 2. The van der Waals surface area contributed by atoms with Gasteiger partial charge in [-0.25, -0.2) is 4.98 Å². The van der Waals surface area contributed by atoms with Crippen molar-refractivity contribution in [2.45, 2.75) is 57.9 Å². The maximum absolute atomic E-state index is 13.0. The van der Waals surface area contributed by atoms with E-state index in [1.807, 2.05) is 29.2 Å². The summed E-state index contributed by atoms with van der Waals surface area (Å²) in [5.41, 5.74) is 5.43. The van der Waals surface area contributed by atoms with Gasteiger partial charge in [0.15, 0.2) is 0 Å². The molecule has 1 aromatic carbocycles. The minimum absolute atomic E-state index is 0.0864. The van der Waals surface area contributed by atoms with Crippen molar-refractivity contribution < 1.29 is 4.79 Å². The fourth-order valence-electron chi connectivity index (χ4n) is 4.58. The molecule has 2 aromatic rings. The molecule has 0 saturated heterocycles. The topological polar surface area (TPSA) is 57.0 Å². The van der Waals surface area contributed by atoms with Crippen LogP contribution in [-0.4, -0.2) is 23.2 Å². The molecule has 5 heteroatoms. The molecule has 1 atom stereocenters. The molecule has 2 heterocycles. The summed E-state index contributed by atoms with van der Waals surface area (Å²) >= 11 is 1.40. The van der Waals surface area contributed by atoms with Gasteiger partial charge in [0, 0.05) is 17.9 Å². The van der Waals surface area contributed by atoms with Gasteiger partial charge >= 0.3 is 0 Å². The predicted molar refractivity (Wildman–Crippen MR) is 122 cm³/mol. The van der Waals surface area contributed by atoms with E-state index in [1.165, 1.54) is 22.9 Å². The summed E-state index contributed by atoms with van der Waals surface area (Å²) in [6.45, 7) is 7.62. The molecular formula is C25H29N3OS. The summed E-state index contributed by atoms with van der Waals surface area (Å²) < 4.78 is 0. The number of aromatic nitrogens is 1. The molecular weight excluding hydrogens is 390 g/mol. The number of hydrogen-bond donors (Lipinski definition) is 0. The lowest BCUT2D eigenvalue weighted by molar-refractivity contribution is -0.116. The van der Waals surface area contributed by atoms with Crippen molar-refractivity contribution >= 4 is 23.4 Å². The van der Waals surface area contributed by atoms with Crippen molar-refractivity contribution in [3.05, 3.63) is 52.7 Å². The maximum Gasteiger partial charge on any atom is 0.237 e. The second-order valence-corrected chi connectivity index (χ2v) is 10.4. The molecule has 0 fully saturated rings. The Morgan fingerprint density at radius 1 is 1.27 bits per heavy atom. The van der Waals surface area contributed by atoms with Crippen LogP contribution >= 0.6 is 11.8 Å². The Morgan fingerprint density at radius 3 is 2.83 bits per heavy atom. The van der Waals surface area contributed by atoms with Crippen molar-refractivity contribution in [2.75, 3.05) is 17.2 Å². The summed E-state index contributed by atoms with van der Waals surface area (Å²) in [7, 11) is 0. The van der Waals surface area contributed by atoms with Gasteiger partial charge in [0.2, 0.25) is 5.91 Å². The van der Waals surface area contributed by atoms with E-state index in [-0.39, 0.29) is 11.3 Å². The predicted octanol–water partition coefficient (Wildman–Crippen LogP) is 5.18. The summed E-state index contributed by atoms with van der Waals surface area (Å²) in [6, 6.07) is 12.5. The molecule has 4 nitrogen and oxygen atoms in total. The molecule has 0 spiro atoms. The van der Waals surface area contributed by atoms with Crippen LogP contribution < -0.4 is 4.90 Å². The number of pyridine rings is 1. The highest BCUT2D eigenvalue weighted by atomic mass is 32.2. The summed E-state index contributed by atoms with van der Waals surface area (Å²) in [4.78, 5) is 19.7. The number of anilines is 1. The van der Waals surface area contributed by atoms with Gasteiger partial charge in [0.05, 0.1) is 11.3 Å². The SMILES string of the molecule is CC(C)(C)C1CCc2nc(SCC(=O)N3CCCc4ccccc43)c(C#N)cc2C1. The average Bonchev–Trinajstić information content (AvgIpc) is 2.75. The first-order valence-corrected chi connectivity index (χ1v) is 11.8. The van der Waals surface area contributed by atoms with Gasteiger partial charge in [-0.2, -0.15) is 5.26 Å². The highest BCUT2D eigenvalue weighted by molar-refractivity contribution is 8.00. The molecule has 1 unspecified atom stereocenters. The maximum atomic E-state index is 13.0. The normalized spacial score (nSPS) is 18.3. The molecule has 156 valence electrons. The first kappa shape index (κ1) is 20.9. The second kappa shape index (κ2) is 8.43. The number of para-hydroxylation sites is 1. The van der Waals surface area contributed by atoms with Crippen molar-refractivity contribution in [1.82, 2.24) is 4.98 Å². The van der Waals surface area contributed by atoms with E-state index in [2.05, 4.69) is 32.9 Å². The molecule has 1 amide bonds. The van der Waals surface area contributed by atoms with E-state index in [4.69, 9.17) is 4.98 Å². The number of thioether (sulfide) groups is 1. The van der Waals surface area contributed by atoms with Gasteiger partial charge in [-0.1, -0.05) is 50.7 Å². The largest absolute Gasteiger partial charge is 0.311 e. The van der Waals surface area contributed by atoms with Gasteiger partial charge in [-0.3, -0.25) is 4.79 Å². The molecule has 30 heavy (non-hydrogen) atoms. The zero-order valence-corrected chi connectivity index (χ0v) is 18.9. The Morgan fingerprint density at radius 2 is 2.07 bits per heavy atom. The van der Waals surface area contributed by atoms with Crippen LogP contribution in [0.25, 0.3) is 0 Å². The minimum Gasteiger partial charge on any atom is -0.311 e. The lowest BCUT2D eigenvalue weighted by Crippen LogP contribution is -2.36. The zero-order chi connectivity index (χ0) is 21.3. The molecule has 1 aliphatic heterocycles.